The lowest BCUT2D eigenvalue weighted by molar-refractivity contribution is -0.147. The van der Waals surface area contributed by atoms with E-state index in [1.807, 2.05) is 38.1 Å². The molecule has 6 heteroatoms. The molecule has 5 nitrogen and oxygen atoms in total. The van der Waals surface area contributed by atoms with E-state index < -0.39 is 5.97 Å². The molecule has 0 aliphatic heterocycles. The fraction of sp³-hybridized carbons (Fsp3) is 0.263. The van der Waals surface area contributed by atoms with Gasteiger partial charge in [-0.05, 0) is 49.2 Å². The monoisotopic (exact) mass is 405 g/mol. The Hall–Kier alpha value is -2.34. The molecule has 1 amide bonds. The van der Waals surface area contributed by atoms with E-state index in [0.717, 1.165) is 21.3 Å². The van der Waals surface area contributed by atoms with Crippen LogP contribution in [-0.4, -0.2) is 25.1 Å². The summed E-state index contributed by atoms with van der Waals surface area (Å²) in [6.07, 6.45) is 0.0809. The number of hydrogen-bond acceptors (Lipinski definition) is 4. The lowest BCUT2D eigenvalue weighted by atomic mass is 10.1. The Labute approximate surface area is 155 Å². The second-order valence-corrected chi connectivity index (χ2v) is 6.50. The van der Waals surface area contributed by atoms with Crippen molar-refractivity contribution in [2.24, 2.45) is 0 Å². The molecule has 0 heterocycles. The smallest absolute Gasteiger partial charge is 0.309 e. The van der Waals surface area contributed by atoms with Crippen molar-refractivity contribution in [2.45, 2.75) is 20.3 Å². The first-order valence-corrected chi connectivity index (χ1v) is 8.64. The Morgan fingerprint density at radius 3 is 2.68 bits per heavy atom. The van der Waals surface area contributed by atoms with Gasteiger partial charge in [0.25, 0.3) is 5.91 Å². The number of carbonyl (C=O) groups excluding carboxylic acids is 2. The molecule has 1 N–H and O–H groups in total. The van der Waals surface area contributed by atoms with E-state index in [1.165, 1.54) is 0 Å². The highest BCUT2D eigenvalue weighted by atomic mass is 79.9. The number of aryl methyl sites for hydroxylation is 2. The number of amides is 1. The molecule has 0 radical (unpaired) electrons. The molecule has 0 atom stereocenters. The zero-order valence-electron chi connectivity index (χ0n) is 14.2. The maximum Gasteiger partial charge on any atom is 0.309 e. The molecule has 2 aromatic rings. The molecule has 0 fully saturated rings. The van der Waals surface area contributed by atoms with Crippen molar-refractivity contribution in [3.63, 3.8) is 0 Å². The summed E-state index contributed by atoms with van der Waals surface area (Å²) in [6, 6.07) is 13.1. The van der Waals surface area contributed by atoms with Crippen LogP contribution < -0.4 is 10.1 Å². The van der Waals surface area contributed by atoms with Crippen LogP contribution in [0, 0.1) is 13.8 Å². The number of carbonyl (C=O) groups is 2. The van der Waals surface area contributed by atoms with Gasteiger partial charge in [0.05, 0.1) is 13.0 Å². The normalized spacial score (nSPS) is 10.2. The van der Waals surface area contributed by atoms with Gasteiger partial charge in [0.2, 0.25) is 0 Å². The summed E-state index contributed by atoms with van der Waals surface area (Å²) in [5.74, 6) is -0.114. The van der Waals surface area contributed by atoms with E-state index in [9.17, 15) is 9.59 Å². The van der Waals surface area contributed by atoms with Crippen molar-refractivity contribution in [3.05, 3.63) is 58.1 Å². The molecule has 0 aliphatic rings. The summed E-state index contributed by atoms with van der Waals surface area (Å²) in [5, 5.41) is 2.66. The molecule has 2 aromatic carbocycles. The Morgan fingerprint density at radius 1 is 1.12 bits per heavy atom. The van der Waals surface area contributed by atoms with E-state index in [0.29, 0.717) is 5.69 Å². The number of hydrogen-bond donors (Lipinski definition) is 1. The van der Waals surface area contributed by atoms with Crippen LogP contribution in [0.1, 0.15) is 17.5 Å². The number of halogens is 1. The molecule has 25 heavy (non-hydrogen) atoms. The first kappa shape index (κ1) is 19.0. The fourth-order valence-electron chi connectivity index (χ4n) is 2.09. The van der Waals surface area contributed by atoms with Crippen molar-refractivity contribution in [1.82, 2.24) is 0 Å². The first-order valence-electron chi connectivity index (χ1n) is 7.85. The van der Waals surface area contributed by atoms with Gasteiger partial charge in [-0.3, -0.25) is 9.59 Å². The maximum atomic E-state index is 11.8. The van der Waals surface area contributed by atoms with Gasteiger partial charge in [0.15, 0.2) is 6.61 Å². The molecule has 132 valence electrons. The molecule has 0 bridgehead atoms. The van der Waals surface area contributed by atoms with Crippen molar-refractivity contribution in [2.75, 3.05) is 18.5 Å². The summed E-state index contributed by atoms with van der Waals surface area (Å²) in [5.41, 5.74) is 2.73. The summed E-state index contributed by atoms with van der Waals surface area (Å²) in [6.45, 7) is 3.80. The van der Waals surface area contributed by atoms with Gasteiger partial charge in [-0.2, -0.15) is 0 Å². The van der Waals surface area contributed by atoms with E-state index in [4.69, 9.17) is 9.47 Å². The van der Waals surface area contributed by atoms with Crippen LogP contribution in [0.2, 0.25) is 0 Å². The van der Waals surface area contributed by atoms with E-state index in [2.05, 4.69) is 21.2 Å². The number of benzene rings is 2. The highest BCUT2D eigenvalue weighted by Crippen LogP contribution is 2.19. The quantitative estimate of drug-likeness (QED) is 0.706. The summed E-state index contributed by atoms with van der Waals surface area (Å²) < 4.78 is 11.4. The molecule has 0 saturated heterocycles. The van der Waals surface area contributed by atoms with Crippen LogP contribution in [-0.2, 0) is 14.3 Å². The molecule has 2 rings (SSSR count). The van der Waals surface area contributed by atoms with E-state index in [1.54, 1.807) is 18.2 Å². The highest BCUT2D eigenvalue weighted by molar-refractivity contribution is 9.10. The number of esters is 1. The van der Waals surface area contributed by atoms with Crippen molar-refractivity contribution in [1.29, 1.82) is 0 Å². The van der Waals surface area contributed by atoms with Crippen LogP contribution in [0.3, 0.4) is 0 Å². The van der Waals surface area contributed by atoms with Crippen LogP contribution in [0.25, 0.3) is 0 Å². The number of nitrogens with one attached hydrogen (secondary N) is 1. The van der Waals surface area contributed by atoms with Crippen molar-refractivity contribution in [3.8, 4) is 5.75 Å². The number of ether oxygens (including phenoxy) is 2. The molecular weight excluding hydrogens is 386 g/mol. The van der Waals surface area contributed by atoms with Crippen LogP contribution >= 0.6 is 15.9 Å². The third-order valence-electron chi connectivity index (χ3n) is 3.38. The largest absolute Gasteiger partial charge is 0.493 e. The summed E-state index contributed by atoms with van der Waals surface area (Å²) in [4.78, 5) is 23.5. The molecule has 0 saturated carbocycles. The predicted molar refractivity (Wildman–Crippen MR) is 99.8 cm³/mol. The maximum absolute atomic E-state index is 11.8. The van der Waals surface area contributed by atoms with Crippen molar-refractivity contribution < 1.29 is 19.1 Å². The van der Waals surface area contributed by atoms with Crippen LogP contribution in [0.4, 0.5) is 5.69 Å². The van der Waals surface area contributed by atoms with E-state index >= 15 is 0 Å². The minimum atomic E-state index is -0.477. The van der Waals surface area contributed by atoms with Crippen molar-refractivity contribution >= 4 is 33.5 Å². The zero-order valence-corrected chi connectivity index (χ0v) is 15.8. The SMILES string of the molecule is Cc1ccc(C)c(OCCC(=O)OCC(=O)Nc2cccc(Br)c2)c1. The Balaban J connectivity index is 1.70. The minimum absolute atomic E-state index is 0.0809. The Bertz CT molecular complexity index is 761. The Morgan fingerprint density at radius 2 is 1.92 bits per heavy atom. The van der Waals surface area contributed by atoms with Crippen LogP contribution in [0.15, 0.2) is 46.9 Å². The summed E-state index contributed by atoms with van der Waals surface area (Å²) >= 11 is 3.32. The molecule has 0 spiro atoms. The minimum Gasteiger partial charge on any atom is -0.493 e. The Kier molecular flexibility index (Phi) is 7.01. The summed E-state index contributed by atoms with van der Waals surface area (Å²) in [7, 11) is 0. The molecule has 0 unspecified atom stereocenters. The van der Waals surface area contributed by atoms with Gasteiger partial charge in [-0.25, -0.2) is 0 Å². The zero-order chi connectivity index (χ0) is 18.2. The average molecular weight is 406 g/mol. The lowest BCUT2D eigenvalue weighted by Gasteiger charge is -2.10. The molecular formula is C19H20BrNO4. The van der Waals surface area contributed by atoms with Gasteiger partial charge in [0.1, 0.15) is 5.75 Å². The predicted octanol–water partition coefficient (Wildman–Crippen LogP) is 4.02. The van der Waals surface area contributed by atoms with Gasteiger partial charge in [0, 0.05) is 10.2 Å². The first-order chi connectivity index (χ1) is 11.9. The lowest BCUT2D eigenvalue weighted by Crippen LogP contribution is -2.21. The standard InChI is InChI=1S/C19H20BrNO4/c1-13-6-7-14(2)17(10-13)24-9-8-19(23)25-12-18(22)21-16-5-3-4-15(20)11-16/h3-7,10-11H,8-9,12H2,1-2H3,(H,21,22). The van der Waals surface area contributed by atoms with E-state index in [-0.39, 0.29) is 25.5 Å². The van der Waals surface area contributed by atoms with Gasteiger partial charge in [-0.1, -0.05) is 34.1 Å². The average Bonchev–Trinajstić information content (AvgIpc) is 2.56. The second-order valence-electron chi connectivity index (χ2n) is 5.59. The van der Waals surface area contributed by atoms with Crippen LogP contribution in [0.5, 0.6) is 5.75 Å². The number of anilines is 1. The second kappa shape index (κ2) is 9.22. The third kappa shape index (κ3) is 6.58. The highest BCUT2D eigenvalue weighted by Gasteiger charge is 2.09. The van der Waals surface area contributed by atoms with Gasteiger partial charge >= 0.3 is 5.97 Å². The fourth-order valence-corrected chi connectivity index (χ4v) is 2.49. The number of rotatable bonds is 7. The van der Waals surface area contributed by atoms with Gasteiger partial charge in [-0.15, -0.1) is 0 Å². The molecule has 0 aromatic heterocycles. The topological polar surface area (TPSA) is 64.6 Å². The van der Waals surface area contributed by atoms with Gasteiger partial charge < -0.3 is 14.8 Å². The third-order valence-corrected chi connectivity index (χ3v) is 3.87. The molecule has 0 aliphatic carbocycles.